The van der Waals surface area contributed by atoms with Crippen LogP contribution in [0.1, 0.15) is 41.9 Å². The number of hydrogen-bond acceptors (Lipinski definition) is 5. The molecule has 3 saturated heterocycles. The van der Waals surface area contributed by atoms with Gasteiger partial charge < -0.3 is 4.90 Å². The molecule has 7 heteroatoms. The number of Topliss-reactive ketones (excluding diaryl/α,β-unsaturated/α-hetero) is 1. The highest BCUT2D eigenvalue weighted by Crippen LogP contribution is 2.49. The van der Waals surface area contributed by atoms with Crippen LogP contribution in [0.3, 0.4) is 0 Å². The Bertz CT molecular complexity index is 1220. The van der Waals surface area contributed by atoms with Gasteiger partial charge >= 0.3 is 0 Å². The molecule has 4 nitrogen and oxygen atoms in total. The highest BCUT2D eigenvalue weighted by atomic mass is 35.5. The van der Waals surface area contributed by atoms with E-state index in [9.17, 15) is 9.59 Å². The van der Waals surface area contributed by atoms with Gasteiger partial charge in [0.05, 0.1) is 0 Å². The summed E-state index contributed by atoms with van der Waals surface area (Å²) in [5.74, 6) is -0.610. The number of amides is 1. The second-order valence-corrected chi connectivity index (χ2v) is 10.9. The third-order valence-corrected chi connectivity index (χ3v) is 9.13. The molecule has 0 spiro atoms. The zero-order chi connectivity index (χ0) is 22.7. The summed E-state index contributed by atoms with van der Waals surface area (Å²) in [7, 11) is 0. The molecule has 33 heavy (non-hydrogen) atoms. The molecule has 0 radical (unpaired) electrons. The summed E-state index contributed by atoms with van der Waals surface area (Å²) in [5, 5.41) is 4.39. The lowest BCUT2D eigenvalue weighted by Crippen LogP contribution is -2.54. The molecule has 1 amide bonds. The molecule has 4 heterocycles. The van der Waals surface area contributed by atoms with Crippen LogP contribution >= 0.6 is 35.8 Å². The molecule has 168 valence electrons. The fourth-order valence-electron chi connectivity index (χ4n) is 5.78. The maximum absolute atomic E-state index is 13.7. The van der Waals surface area contributed by atoms with Gasteiger partial charge in [-0.15, -0.1) is 0 Å². The van der Waals surface area contributed by atoms with Gasteiger partial charge in [-0.1, -0.05) is 54.7 Å². The average Bonchev–Trinajstić information content (AvgIpc) is 3.55. The van der Waals surface area contributed by atoms with Gasteiger partial charge in [0.2, 0.25) is 5.91 Å². The average molecular weight is 495 g/mol. The van der Waals surface area contributed by atoms with Gasteiger partial charge in [0.1, 0.15) is 11.5 Å². The van der Waals surface area contributed by atoms with Crippen molar-refractivity contribution >= 4 is 53.1 Å². The number of carbonyl (C=O) groups is 2. The predicted octanol–water partition coefficient (Wildman–Crippen LogP) is 5.67. The summed E-state index contributed by atoms with van der Waals surface area (Å²) in [6.45, 7) is 1.12. The molecule has 1 aliphatic carbocycles. The minimum atomic E-state index is -0.958. The molecule has 1 aromatic heterocycles. The molecule has 1 saturated carbocycles. The molecule has 2 atom stereocenters. The number of piperidine rings is 1. The molecule has 2 bridgehead atoms. The Morgan fingerprint density at radius 2 is 1.76 bits per heavy atom. The maximum Gasteiger partial charge on any atom is 0.248 e. The zero-order valence-corrected chi connectivity index (χ0v) is 20.3. The van der Waals surface area contributed by atoms with Crippen molar-refractivity contribution in [2.75, 3.05) is 11.4 Å². The van der Waals surface area contributed by atoms with Gasteiger partial charge in [-0.3, -0.25) is 13.9 Å². The molecular formula is C26H23ClN2O2S2. The van der Waals surface area contributed by atoms with Gasteiger partial charge in [-0.2, -0.15) is 11.3 Å². The number of halogens is 1. The number of anilines is 1. The number of rotatable bonds is 4. The molecule has 1 unspecified atom stereocenters. The minimum absolute atomic E-state index is 0.141. The maximum atomic E-state index is 13.7. The van der Waals surface area contributed by atoms with E-state index in [0.29, 0.717) is 16.6 Å². The monoisotopic (exact) mass is 494 g/mol. The first-order valence-electron chi connectivity index (χ1n) is 11.2. The number of fused-ring (bicyclic) bond motifs is 1. The van der Waals surface area contributed by atoms with Crippen LogP contribution in [0, 0.1) is 5.92 Å². The third kappa shape index (κ3) is 3.18. The number of thiophene rings is 1. The Hall–Kier alpha value is -2.28. The van der Waals surface area contributed by atoms with E-state index in [1.165, 1.54) is 22.8 Å². The van der Waals surface area contributed by atoms with Crippen molar-refractivity contribution in [2.24, 2.45) is 5.92 Å². The second kappa shape index (κ2) is 7.90. The highest BCUT2D eigenvalue weighted by molar-refractivity contribution is 7.78. The largest absolute Gasteiger partial charge is 0.368 e. The molecular weight excluding hydrogens is 472 g/mol. The number of benzene rings is 2. The Kier molecular flexibility index (Phi) is 5.09. The minimum Gasteiger partial charge on any atom is -0.368 e. The number of carbonyl (C=O) groups excluding carboxylic acids is 2. The first-order valence-corrected chi connectivity index (χ1v) is 12.9. The van der Waals surface area contributed by atoms with Crippen LogP contribution in [0.15, 0.2) is 65.4 Å². The molecule has 4 aliphatic rings. The van der Waals surface area contributed by atoms with Crippen molar-refractivity contribution in [1.29, 1.82) is 0 Å². The predicted molar refractivity (Wildman–Crippen MR) is 135 cm³/mol. The molecule has 2 aromatic carbocycles. The highest BCUT2D eigenvalue weighted by Gasteiger charge is 2.53. The van der Waals surface area contributed by atoms with Gasteiger partial charge in [0.25, 0.3) is 0 Å². The van der Waals surface area contributed by atoms with Gasteiger partial charge in [0, 0.05) is 29.7 Å². The Balaban J connectivity index is 1.41. The summed E-state index contributed by atoms with van der Waals surface area (Å²) in [5.41, 5.74) is 2.58. The molecule has 3 aliphatic heterocycles. The first-order chi connectivity index (χ1) is 16.0. The van der Waals surface area contributed by atoms with Gasteiger partial charge in [0.15, 0.2) is 5.78 Å². The molecule has 4 fully saturated rings. The van der Waals surface area contributed by atoms with Crippen molar-refractivity contribution in [2.45, 2.75) is 36.8 Å². The Labute approximate surface area is 207 Å². The van der Waals surface area contributed by atoms with Crippen molar-refractivity contribution < 1.29 is 9.59 Å². The van der Waals surface area contributed by atoms with Crippen LogP contribution in [0.2, 0.25) is 5.02 Å². The van der Waals surface area contributed by atoms with E-state index in [1.807, 2.05) is 16.8 Å². The SMILES string of the molecule is O=C1C[C@@](c2ccc(N3CC4CC3C4)cc2)(c2ccsc2)N(S)C(=O)C1c1ccccc1Cl. The normalized spacial score (nSPS) is 28.8. The second-order valence-electron chi connectivity index (χ2n) is 9.31. The van der Waals surface area contributed by atoms with Gasteiger partial charge in [-0.05, 0) is 70.5 Å². The van der Waals surface area contributed by atoms with Crippen molar-refractivity contribution in [3.63, 3.8) is 0 Å². The quantitative estimate of drug-likeness (QED) is 0.375. The lowest BCUT2D eigenvalue weighted by Gasteiger charge is -2.46. The topological polar surface area (TPSA) is 40.6 Å². The summed E-state index contributed by atoms with van der Waals surface area (Å²) < 4.78 is 1.46. The molecule has 0 N–H and O–H groups in total. The summed E-state index contributed by atoms with van der Waals surface area (Å²) in [6.07, 6.45) is 2.72. The van der Waals surface area contributed by atoms with Gasteiger partial charge in [-0.25, -0.2) is 0 Å². The smallest absolute Gasteiger partial charge is 0.248 e. The van der Waals surface area contributed by atoms with Crippen molar-refractivity contribution in [3.8, 4) is 0 Å². The summed E-state index contributed by atoms with van der Waals surface area (Å²) in [4.78, 5) is 29.7. The lowest BCUT2D eigenvalue weighted by molar-refractivity contribution is -0.142. The number of nitrogens with zero attached hydrogens (tertiary/aromatic N) is 2. The Morgan fingerprint density at radius 1 is 1.00 bits per heavy atom. The van der Waals surface area contributed by atoms with Crippen molar-refractivity contribution in [3.05, 3.63) is 87.1 Å². The number of ketones is 1. The summed E-state index contributed by atoms with van der Waals surface area (Å²) >= 11 is 12.7. The zero-order valence-electron chi connectivity index (χ0n) is 17.9. The molecule has 3 aromatic rings. The van der Waals surface area contributed by atoms with Crippen LogP contribution in [-0.2, 0) is 15.1 Å². The summed E-state index contributed by atoms with van der Waals surface area (Å²) in [6, 6.07) is 18.1. The standard InChI is InChI=1S/C26H23ClN2O2S2/c27-22-4-2-1-3-21(22)24-23(30)13-26(29(32)25(24)31,18-9-10-33-15-18)17-5-7-19(8-6-17)28-14-16-11-20(28)12-16/h1-10,15-16,20,24,32H,11-14H2/t16?,20?,24?,26-/m1/s1. The molecule has 7 rings (SSSR count). The Morgan fingerprint density at radius 3 is 2.39 bits per heavy atom. The first kappa shape index (κ1) is 21.3. The number of hydrogen-bond donors (Lipinski definition) is 1. The van der Waals surface area contributed by atoms with E-state index in [2.05, 4.69) is 29.2 Å². The van der Waals surface area contributed by atoms with E-state index in [4.69, 9.17) is 24.4 Å². The lowest BCUT2D eigenvalue weighted by atomic mass is 9.73. The van der Waals surface area contributed by atoms with E-state index in [1.54, 1.807) is 35.6 Å². The van der Waals surface area contributed by atoms with E-state index in [0.717, 1.165) is 23.6 Å². The van der Waals surface area contributed by atoms with Crippen LogP contribution < -0.4 is 4.90 Å². The third-order valence-electron chi connectivity index (χ3n) is 7.57. The fraction of sp³-hybridized carbons (Fsp3) is 0.308. The van der Waals surface area contributed by atoms with Crippen LogP contribution in [0.4, 0.5) is 5.69 Å². The van der Waals surface area contributed by atoms with E-state index >= 15 is 0 Å². The van der Waals surface area contributed by atoms with E-state index in [-0.39, 0.29) is 18.1 Å². The number of thiol groups is 1. The fourth-order valence-corrected chi connectivity index (χ4v) is 7.17. The van der Waals surface area contributed by atoms with Crippen molar-refractivity contribution in [1.82, 2.24) is 4.31 Å². The van der Waals surface area contributed by atoms with Crippen LogP contribution in [-0.4, -0.2) is 28.6 Å². The van der Waals surface area contributed by atoms with Crippen LogP contribution in [0.5, 0.6) is 0 Å². The van der Waals surface area contributed by atoms with Crippen LogP contribution in [0.25, 0.3) is 0 Å². The van der Waals surface area contributed by atoms with E-state index < -0.39 is 11.5 Å².